The molecule has 0 rings (SSSR count). The normalized spacial score (nSPS) is 13.1. The molecule has 0 radical (unpaired) electrons. The van der Waals surface area contributed by atoms with E-state index in [1.807, 2.05) is 13.8 Å². The minimum Gasteiger partial charge on any atom is -0.357 e. The van der Waals surface area contributed by atoms with Crippen LogP contribution < -0.4 is 10.6 Å². The number of guanidine groups is 1. The molecule has 0 bridgehead atoms. The summed E-state index contributed by atoms with van der Waals surface area (Å²) < 4.78 is 24.4. The summed E-state index contributed by atoms with van der Waals surface area (Å²) in [4.78, 5) is 4.46. The summed E-state index contributed by atoms with van der Waals surface area (Å²) in [7, 11) is -3.09. The topological polar surface area (TPSA) is 73.8 Å². The molecule has 0 spiro atoms. The van der Waals surface area contributed by atoms with Gasteiger partial charge in [0.15, 0.2) is 5.96 Å². The van der Waals surface area contributed by atoms with E-state index in [-0.39, 0.29) is 0 Å². The Kier molecular flexibility index (Phi) is 9.58. The Balaban J connectivity index is 4.15. The first-order valence-corrected chi connectivity index (χ1v) is 9.13. The van der Waals surface area contributed by atoms with E-state index in [0.717, 1.165) is 25.5 Å². The maximum Gasteiger partial charge on any atom is 0.211 e. The van der Waals surface area contributed by atoms with E-state index >= 15 is 0 Å². The van der Waals surface area contributed by atoms with E-state index in [1.54, 1.807) is 0 Å². The fourth-order valence-electron chi connectivity index (χ4n) is 1.64. The van der Waals surface area contributed by atoms with Gasteiger partial charge in [-0.05, 0) is 19.3 Å². The van der Waals surface area contributed by atoms with Crippen molar-refractivity contribution in [2.45, 2.75) is 34.1 Å². The fourth-order valence-corrected chi connectivity index (χ4v) is 2.57. The third-order valence-corrected chi connectivity index (χ3v) is 4.04. The monoisotopic (exact) mass is 306 g/mol. The number of nitrogens with zero attached hydrogens (tertiary/aromatic N) is 2. The van der Waals surface area contributed by atoms with Gasteiger partial charge in [0, 0.05) is 32.7 Å². The smallest absolute Gasteiger partial charge is 0.211 e. The molecule has 7 heteroatoms. The van der Waals surface area contributed by atoms with Gasteiger partial charge in [0.05, 0.1) is 6.26 Å². The lowest BCUT2D eigenvalue weighted by Gasteiger charge is -2.18. The van der Waals surface area contributed by atoms with Crippen LogP contribution in [0.4, 0.5) is 0 Å². The molecule has 0 aromatic heterocycles. The van der Waals surface area contributed by atoms with Gasteiger partial charge in [0.25, 0.3) is 0 Å². The predicted octanol–water partition coefficient (Wildman–Crippen LogP) is 0.869. The van der Waals surface area contributed by atoms with Crippen molar-refractivity contribution in [3.8, 4) is 0 Å². The van der Waals surface area contributed by atoms with Gasteiger partial charge in [-0.15, -0.1) is 0 Å². The Labute approximate surface area is 124 Å². The predicted molar refractivity (Wildman–Crippen MR) is 85.5 cm³/mol. The number of aliphatic imine (C=N–C) groups is 1. The molecule has 0 amide bonds. The second-order valence-electron chi connectivity index (χ2n) is 5.15. The molecule has 0 aromatic carbocycles. The largest absolute Gasteiger partial charge is 0.357 e. The molecule has 0 aliphatic heterocycles. The molecular weight excluding hydrogens is 276 g/mol. The standard InChI is InChI=1S/C13H30N4O2S/c1-6-14-13(16-11-12(3)4)15-9-8-10-17(7-2)20(5,18)19/h12H,6-11H2,1-5H3,(H2,14,15,16). The van der Waals surface area contributed by atoms with Crippen molar-refractivity contribution in [3.63, 3.8) is 0 Å². The fraction of sp³-hybridized carbons (Fsp3) is 0.923. The van der Waals surface area contributed by atoms with Gasteiger partial charge in [-0.1, -0.05) is 20.8 Å². The molecule has 120 valence electrons. The Bertz CT molecular complexity index is 380. The molecular formula is C13H30N4O2S. The Morgan fingerprint density at radius 1 is 1.25 bits per heavy atom. The number of hydrogen-bond acceptors (Lipinski definition) is 3. The Morgan fingerprint density at radius 2 is 1.90 bits per heavy atom. The van der Waals surface area contributed by atoms with Crippen LogP contribution in [0.15, 0.2) is 4.99 Å². The zero-order chi connectivity index (χ0) is 15.6. The van der Waals surface area contributed by atoms with Crippen molar-refractivity contribution < 1.29 is 8.42 Å². The average molecular weight is 306 g/mol. The third-order valence-electron chi connectivity index (χ3n) is 2.66. The minimum atomic E-state index is -3.09. The van der Waals surface area contributed by atoms with E-state index in [0.29, 0.717) is 25.6 Å². The van der Waals surface area contributed by atoms with Crippen molar-refractivity contribution in [2.75, 3.05) is 39.0 Å². The summed E-state index contributed by atoms with van der Waals surface area (Å²) in [6.07, 6.45) is 2.01. The highest BCUT2D eigenvalue weighted by Crippen LogP contribution is 1.98. The lowest BCUT2D eigenvalue weighted by atomic mass is 10.2. The zero-order valence-corrected chi connectivity index (χ0v) is 14.3. The van der Waals surface area contributed by atoms with Crippen LogP contribution >= 0.6 is 0 Å². The summed E-state index contributed by atoms with van der Waals surface area (Å²) in [5.41, 5.74) is 0. The second kappa shape index (κ2) is 9.99. The van der Waals surface area contributed by atoms with Crippen molar-refractivity contribution in [3.05, 3.63) is 0 Å². The van der Waals surface area contributed by atoms with Crippen LogP contribution in [0.5, 0.6) is 0 Å². The highest BCUT2D eigenvalue weighted by molar-refractivity contribution is 7.88. The number of sulfonamides is 1. The molecule has 20 heavy (non-hydrogen) atoms. The van der Waals surface area contributed by atoms with E-state index in [9.17, 15) is 8.42 Å². The first-order valence-electron chi connectivity index (χ1n) is 7.28. The molecule has 0 saturated heterocycles. The first kappa shape index (κ1) is 19.2. The van der Waals surface area contributed by atoms with Crippen molar-refractivity contribution in [1.82, 2.24) is 14.9 Å². The van der Waals surface area contributed by atoms with Gasteiger partial charge < -0.3 is 10.6 Å². The average Bonchev–Trinajstić information content (AvgIpc) is 2.33. The highest BCUT2D eigenvalue weighted by atomic mass is 32.2. The maximum atomic E-state index is 11.4. The molecule has 0 fully saturated rings. The summed E-state index contributed by atoms with van der Waals surface area (Å²) in [5, 5.41) is 6.40. The Morgan fingerprint density at radius 3 is 2.35 bits per heavy atom. The van der Waals surface area contributed by atoms with Crippen LogP contribution in [0.2, 0.25) is 0 Å². The van der Waals surface area contributed by atoms with Gasteiger partial charge in [-0.2, -0.15) is 0 Å². The first-order chi connectivity index (χ1) is 9.31. The quantitative estimate of drug-likeness (QED) is 0.377. The SMILES string of the molecule is CCNC(=NCC(C)C)NCCCN(CC)S(C)(=O)=O. The van der Waals surface area contributed by atoms with E-state index in [4.69, 9.17) is 0 Å². The summed E-state index contributed by atoms with van der Waals surface area (Å²) in [5.74, 6) is 1.31. The highest BCUT2D eigenvalue weighted by Gasteiger charge is 2.13. The number of nitrogens with one attached hydrogen (secondary N) is 2. The second-order valence-corrected chi connectivity index (χ2v) is 7.13. The molecule has 0 unspecified atom stereocenters. The Hall–Kier alpha value is -0.820. The van der Waals surface area contributed by atoms with Crippen LogP contribution in [-0.2, 0) is 10.0 Å². The molecule has 0 saturated carbocycles. The zero-order valence-electron chi connectivity index (χ0n) is 13.4. The van der Waals surface area contributed by atoms with Gasteiger partial charge in [-0.3, -0.25) is 4.99 Å². The minimum absolute atomic E-state index is 0.514. The van der Waals surface area contributed by atoms with Crippen LogP contribution in [0.3, 0.4) is 0 Å². The lowest BCUT2D eigenvalue weighted by molar-refractivity contribution is 0.424. The van der Waals surface area contributed by atoms with Crippen LogP contribution in [0.25, 0.3) is 0 Å². The lowest BCUT2D eigenvalue weighted by Crippen LogP contribution is -2.39. The van der Waals surface area contributed by atoms with Crippen LogP contribution in [-0.4, -0.2) is 57.7 Å². The summed E-state index contributed by atoms with van der Waals surface area (Å²) in [6.45, 7) is 11.5. The van der Waals surface area contributed by atoms with Crippen molar-refractivity contribution in [1.29, 1.82) is 0 Å². The molecule has 6 nitrogen and oxygen atoms in total. The summed E-state index contributed by atoms with van der Waals surface area (Å²) >= 11 is 0. The van der Waals surface area contributed by atoms with Gasteiger partial charge in [-0.25, -0.2) is 12.7 Å². The molecule has 0 aliphatic carbocycles. The molecule has 0 heterocycles. The number of hydrogen-bond donors (Lipinski definition) is 2. The van der Waals surface area contributed by atoms with E-state index < -0.39 is 10.0 Å². The van der Waals surface area contributed by atoms with Crippen LogP contribution in [0, 0.1) is 5.92 Å². The number of rotatable bonds is 9. The van der Waals surface area contributed by atoms with Gasteiger partial charge in [0.2, 0.25) is 10.0 Å². The van der Waals surface area contributed by atoms with Gasteiger partial charge in [0.1, 0.15) is 0 Å². The third kappa shape index (κ3) is 9.14. The van der Waals surface area contributed by atoms with Crippen molar-refractivity contribution in [2.24, 2.45) is 10.9 Å². The van der Waals surface area contributed by atoms with Crippen molar-refractivity contribution >= 4 is 16.0 Å². The molecule has 2 N–H and O–H groups in total. The molecule has 0 atom stereocenters. The molecule has 0 aromatic rings. The molecule has 0 aliphatic rings. The van der Waals surface area contributed by atoms with Gasteiger partial charge >= 0.3 is 0 Å². The van der Waals surface area contributed by atoms with E-state index in [2.05, 4.69) is 29.5 Å². The van der Waals surface area contributed by atoms with Crippen LogP contribution in [0.1, 0.15) is 34.1 Å². The maximum absolute atomic E-state index is 11.4. The summed E-state index contributed by atoms with van der Waals surface area (Å²) in [6, 6.07) is 0. The van der Waals surface area contributed by atoms with E-state index in [1.165, 1.54) is 10.6 Å².